The van der Waals surface area contributed by atoms with Gasteiger partial charge in [-0.1, -0.05) is 91.9 Å². The van der Waals surface area contributed by atoms with Gasteiger partial charge in [-0.15, -0.1) is 0 Å². The fourth-order valence-electron chi connectivity index (χ4n) is 5.22. The average Bonchev–Trinajstić information content (AvgIpc) is 3.32. The SMILES string of the molecule is CC1C=CC=CC1c1c2ccccc2c(B2OCCO2)c2ccc3ccccc3c12. The molecule has 0 aromatic heterocycles. The smallest absolute Gasteiger partial charge is 0.405 e. The van der Waals surface area contributed by atoms with Crippen molar-refractivity contribution in [3.63, 3.8) is 0 Å². The van der Waals surface area contributed by atoms with Gasteiger partial charge in [0.25, 0.3) is 0 Å². The first kappa shape index (κ1) is 17.9. The largest absolute Gasteiger partial charge is 0.495 e. The highest BCUT2D eigenvalue weighted by Crippen LogP contribution is 2.42. The molecule has 0 radical (unpaired) electrons. The number of rotatable bonds is 2. The van der Waals surface area contributed by atoms with Crippen LogP contribution in [0.4, 0.5) is 0 Å². The van der Waals surface area contributed by atoms with Crippen molar-refractivity contribution >= 4 is 44.9 Å². The number of benzene rings is 4. The standard InChI is InChI=1S/C27H23BO2/c1-18-8-2-4-10-20(18)25-22-12-6-7-13-23(22)27(28-29-16-17-30-28)24-15-14-19-9-3-5-11-21(19)26(24)25/h2-15,18,20H,16-17H2,1H3. The van der Waals surface area contributed by atoms with E-state index in [2.05, 4.69) is 91.9 Å². The van der Waals surface area contributed by atoms with Crippen molar-refractivity contribution in [1.82, 2.24) is 0 Å². The summed E-state index contributed by atoms with van der Waals surface area (Å²) in [6.07, 6.45) is 9.02. The summed E-state index contributed by atoms with van der Waals surface area (Å²) in [6, 6.07) is 22.0. The predicted octanol–water partition coefficient (Wildman–Crippen LogP) is 5.73. The highest BCUT2D eigenvalue weighted by Gasteiger charge is 2.33. The summed E-state index contributed by atoms with van der Waals surface area (Å²) < 4.78 is 12.1. The van der Waals surface area contributed by atoms with Gasteiger partial charge >= 0.3 is 7.12 Å². The molecule has 146 valence electrons. The van der Waals surface area contributed by atoms with Gasteiger partial charge in [0.2, 0.25) is 0 Å². The lowest BCUT2D eigenvalue weighted by molar-refractivity contribution is 0.365. The molecule has 0 saturated carbocycles. The predicted molar refractivity (Wildman–Crippen MR) is 126 cm³/mol. The van der Waals surface area contributed by atoms with Gasteiger partial charge in [0, 0.05) is 5.92 Å². The van der Waals surface area contributed by atoms with Crippen molar-refractivity contribution in [1.29, 1.82) is 0 Å². The maximum atomic E-state index is 6.03. The van der Waals surface area contributed by atoms with Crippen LogP contribution in [0, 0.1) is 5.92 Å². The Morgan fingerprint density at radius 2 is 1.43 bits per heavy atom. The third kappa shape index (κ3) is 2.66. The van der Waals surface area contributed by atoms with Crippen molar-refractivity contribution < 1.29 is 9.31 Å². The maximum absolute atomic E-state index is 6.03. The van der Waals surface area contributed by atoms with Gasteiger partial charge in [-0.25, -0.2) is 0 Å². The highest BCUT2D eigenvalue weighted by molar-refractivity contribution is 6.68. The number of allylic oxidation sites excluding steroid dienone is 4. The Morgan fingerprint density at radius 3 is 2.23 bits per heavy atom. The van der Waals surface area contributed by atoms with E-state index in [1.54, 1.807) is 0 Å². The van der Waals surface area contributed by atoms with Crippen molar-refractivity contribution in [2.75, 3.05) is 13.2 Å². The molecule has 0 bridgehead atoms. The molecule has 2 atom stereocenters. The molecular formula is C27H23BO2. The molecule has 3 heteroatoms. The first-order valence-corrected chi connectivity index (χ1v) is 10.8. The van der Waals surface area contributed by atoms with Crippen molar-refractivity contribution in [3.8, 4) is 0 Å². The molecule has 4 aromatic carbocycles. The maximum Gasteiger partial charge on any atom is 0.495 e. The minimum atomic E-state index is -0.313. The monoisotopic (exact) mass is 390 g/mol. The van der Waals surface area contributed by atoms with Crippen molar-refractivity contribution in [2.45, 2.75) is 12.8 Å². The van der Waals surface area contributed by atoms with E-state index in [9.17, 15) is 0 Å². The zero-order valence-electron chi connectivity index (χ0n) is 17.0. The van der Waals surface area contributed by atoms with Gasteiger partial charge in [-0.05, 0) is 49.3 Å². The lowest BCUT2D eigenvalue weighted by atomic mass is 9.69. The van der Waals surface area contributed by atoms with E-state index < -0.39 is 0 Å². The first-order valence-electron chi connectivity index (χ1n) is 10.8. The summed E-state index contributed by atoms with van der Waals surface area (Å²) in [5, 5.41) is 7.67. The Labute approximate surface area is 176 Å². The van der Waals surface area contributed by atoms with E-state index in [4.69, 9.17) is 9.31 Å². The summed E-state index contributed by atoms with van der Waals surface area (Å²) in [5.41, 5.74) is 2.57. The summed E-state index contributed by atoms with van der Waals surface area (Å²) in [7, 11) is -0.313. The zero-order chi connectivity index (χ0) is 20.1. The van der Waals surface area contributed by atoms with Crippen LogP contribution in [0.5, 0.6) is 0 Å². The zero-order valence-corrected chi connectivity index (χ0v) is 17.0. The van der Waals surface area contributed by atoms with Gasteiger partial charge in [-0.3, -0.25) is 0 Å². The van der Waals surface area contributed by atoms with Crippen LogP contribution in [-0.4, -0.2) is 20.3 Å². The van der Waals surface area contributed by atoms with Crippen LogP contribution in [0.15, 0.2) is 85.0 Å². The molecule has 0 spiro atoms. The molecule has 1 aliphatic heterocycles. The molecule has 2 nitrogen and oxygen atoms in total. The highest BCUT2D eigenvalue weighted by atomic mass is 16.6. The van der Waals surface area contributed by atoms with E-state index in [0.29, 0.717) is 25.0 Å². The summed E-state index contributed by atoms with van der Waals surface area (Å²) in [6.45, 7) is 3.60. The van der Waals surface area contributed by atoms with Crippen molar-refractivity contribution in [2.24, 2.45) is 5.92 Å². The molecule has 0 amide bonds. The molecule has 2 aliphatic rings. The second-order valence-corrected chi connectivity index (χ2v) is 8.31. The van der Waals surface area contributed by atoms with E-state index >= 15 is 0 Å². The quantitative estimate of drug-likeness (QED) is 0.247. The van der Waals surface area contributed by atoms with Gasteiger partial charge in [-0.2, -0.15) is 0 Å². The number of fused-ring (bicyclic) bond motifs is 4. The van der Waals surface area contributed by atoms with Gasteiger partial charge in [0.05, 0.1) is 13.2 Å². The topological polar surface area (TPSA) is 18.5 Å². The molecule has 1 heterocycles. The molecule has 30 heavy (non-hydrogen) atoms. The fourth-order valence-corrected chi connectivity index (χ4v) is 5.22. The van der Waals surface area contributed by atoms with Gasteiger partial charge in [0.1, 0.15) is 0 Å². The lowest BCUT2D eigenvalue weighted by Crippen LogP contribution is -2.33. The second kappa shape index (κ2) is 7.12. The third-order valence-corrected chi connectivity index (χ3v) is 6.60. The second-order valence-electron chi connectivity index (χ2n) is 8.31. The Bertz CT molecular complexity index is 1330. The third-order valence-electron chi connectivity index (χ3n) is 6.60. The molecule has 0 N–H and O–H groups in total. The summed E-state index contributed by atoms with van der Waals surface area (Å²) in [4.78, 5) is 0. The Balaban J connectivity index is 1.83. The molecule has 4 aromatic rings. The van der Waals surface area contributed by atoms with Crippen LogP contribution in [0.2, 0.25) is 0 Å². The molecule has 1 aliphatic carbocycles. The van der Waals surface area contributed by atoms with Crippen LogP contribution in [-0.2, 0) is 9.31 Å². The number of hydrogen-bond donors (Lipinski definition) is 0. The normalized spacial score (nSPS) is 21.3. The Kier molecular flexibility index (Phi) is 4.26. The summed E-state index contributed by atoms with van der Waals surface area (Å²) in [5.74, 6) is 0.762. The molecule has 6 rings (SSSR count). The van der Waals surface area contributed by atoms with Gasteiger partial charge < -0.3 is 9.31 Å². The molecule has 1 fully saturated rings. The molecule has 1 saturated heterocycles. The molecule has 2 unspecified atom stereocenters. The average molecular weight is 390 g/mol. The lowest BCUT2D eigenvalue weighted by Gasteiger charge is -2.27. The minimum absolute atomic E-state index is 0.313. The van der Waals surface area contributed by atoms with E-state index in [-0.39, 0.29) is 7.12 Å². The van der Waals surface area contributed by atoms with E-state index in [1.165, 1.54) is 37.9 Å². The van der Waals surface area contributed by atoms with Crippen LogP contribution >= 0.6 is 0 Å². The Hall–Kier alpha value is -2.88. The van der Waals surface area contributed by atoms with Crippen LogP contribution in [0.1, 0.15) is 18.4 Å². The fraction of sp³-hybridized carbons (Fsp3) is 0.185. The van der Waals surface area contributed by atoms with Gasteiger partial charge in [0.15, 0.2) is 0 Å². The van der Waals surface area contributed by atoms with Crippen LogP contribution in [0.3, 0.4) is 0 Å². The van der Waals surface area contributed by atoms with Crippen LogP contribution < -0.4 is 5.46 Å². The first-order chi connectivity index (χ1) is 14.8. The summed E-state index contributed by atoms with van der Waals surface area (Å²) >= 11 is 0. The minimum Gasteiger partial charge on any atom is -0.405 e. The van der Waals surface area contributed by atoms with Crippen LogP contribution in [0.25, 0.3) is 32.3 Å². The molecular weight excluding hydrogens is 367 g/mol. The Morgan fingerprint density at radius 1 is 0.733 bits per heavy atom. The van der Waals surface area contributed by atoms with E-state index in [0.717, 1.165) is 5.46 Å². The van der Waals surface area contributed by atoms with Crippen molar-refractivity contribution in [3.05, 3.63) is 90.5 Å². The van der Waals surface area contributed by atoms with E-state index in [1.807, 2.05) is 0 Å². The number of hydrogen-bond acceptors (Lipinski definition) is 2.